The van der Waals surface area contributed by atoms with Crippen LogP contribution in [0.2, 0.25) is 0 Å². The number of hydrogen-bond donors (Lipinski definition) is 1. The van der Waals surface area contributed by atoms with E-state index in [9.17, 15) is 0 Å². The molecule has 42 heavy (non-hydrogen) atoms. The molecule has 5 aromatic carbocycles. The molecule has 1 aliphatic rings. The van der Waals surface area contributed by atoms with Crippen LogP contribution in [-0.4, -0.2) is 0 Å². The fraction of sp³-hybridized carbons (Fsp3) is 0.0732. The Hall–Kier alpha value is -5.14. The van der Waals surface area contributed by atoms with Crippen LogP contribution in [-0.2, 0) is 11.8 Å². The van der Waals surface area contributed by atoms with Crippen LogP contribution in [0.4, 0.5) is 0 Å². The number of rotatable bonds is 9. The number of hydrogen-bond acceptors (Lipinski definition) is 1. The van der Waals surface area contributed by atoms with Crippen molar-refractivity contribution in [1.82, 2.24) is 0 Å². The van der Waals surface area contributed by atoms with Crippen molar-refractivity contribution >= 4 is 5.57 Å². The molecule has 0 saturated carbocycles. The van der Waals surface area contributed by atoms with Crippen LogP contribution in [0.25, 0.3) is 16.7 Å². The van der Waals surface area contributed by atoms with E-state index in [2.05, 4.69) is 152 Å². The Kier molecular flexibility index (Phi) is 7.83. The third-order valence-electron chi connectivity index (χ3n) is 8.18. The van der Waals surface area contributed by atoms with Gasteiger partial charge in [0.2, 0.25) is 0 Å². The Balaban J connectivity index is 1.48. The van der Waals surface area contributed by atoms with E-state index in [1.54, 1.807) is 6.08 Å². The maximum atomic E-state index is 6.49. The van der Waals surface area contributed by atoms with E-state index >= 15 is 0 Å². The zero-order valence-electron chi connectivity index (χ0n) is 23.8. The minimum Gasteiger partial charge on any atom is -0.402 e. The molecule has 0 fully saturated rings. The summed E-state index contributed by atoms with van der Waals surface area (Å²) in [6.45, 7) is 3.77. The van der Waals surface area contributed by atoms with Crippen LogP contribution in [0.5, 0.6) is 0 Å². The summed E-state index contributed by atoms with van der Waals surface area (Å²) in [5.41, 5.74) is 18.2. The number of benzene rings is 5. The van der Waals surface area contributed by atoms with Crippen molar-refractivity contribution in [3.05, 3.63) is 209 Å². The standard InChI is InChI=1S/C41H35N/c1-2-3-6-19-36(42)30-33(25-24-31-15-7-4-8-16-31)32-26-28-35(29-27-32)41(34-17-9-5-10-18-34)39-22-13-11-20-37(39)38-21-12-14-23-40(38)41/h2-18,20-23,25-30H,1,19,24,42H2/b6-3-,33-25+,36-30-. The second kappa shape index (κ2) is 12.2. The Morgan fingerprint density at radius 3 is 1.81 bits per heavy atom. The van der Waals surface area contributed by atoms with E-state index in [-0.39, 0.29) is 0 Å². The van der Waals surface area contributed by atoms with Crippen molar-refractivity contribution < 1.29 is 0 Å². The zero-order chi connectivity index (χ0) is 28.8. The molecule has 204 valence electrons. The Bertz CT molecular complexity index is 1720. The van der Waals surface area contributed by atoms with Crippen molar-refractivity contribution in [1.29, 1.82) is 0 Å². The summed E-state index contributed by atoms with van der Waals surface area (Å²) < 4.78 is 0. The summed E-state index contributed by atoms with van der Waals surface area (Å²) in [7, 11) is 0. The minimum absolute atomic E-state index is 0.398. The summed E-state index contributed by atoms with van der Waals surface area (Å²) in [4.78, 5) is 0. The topological polar surface area (TPSA) is 26.0 Å². The van der Waals surface area contributed by atoms with Crippen LogP contribution >= 0.6 is 0 Å². The lowest BCUT2D eigenvalue weighted by molar-refractivity contribution is 0.768. The predicted octanol–water partition coefficient (Wildman–Crippen LogP) is 9.65. The lowest BCUT2D eigenvalue weighted by atomic mass is 9.67. The van der Waals surface area contributed by atoms with E-state index in [0.717, 1.165) is 23.3 Å². The number of fused-ring (bicyclic) bond motifs is 3. The van der Waals surface area contributed by atoms with E-state index in [1.165, 1.54) is 38.9 Å². The molecule has 0 atom stereocenters. The van der Waals surface area contributed by atoms with Gasteiger partial charge in [-0.1, -0.05) is 164 Å². The van der Waals surface area contributed by atoms with E-state index in [1.807, 2.05) is 12.2 Å². The highest BCUT2D eigenvalue weighted by molar-refractivity contribution is 5.86. The maximum absolute atomic E-state index is 6.49. The molecule has 0 bridgehead atoms. The summed E-state index contributed by atoms with van der Waals surface area (Å²) in [6, 6.07) is 48.3. The molecule has 2 N–H and O–H groups in total. The average Bonchev–Trinajstić information content (AvgIpc) is 3.35. The van der Waals surface area contributed by atoms with Crippen molar-refractivity contribution in [2.24, 2.45) is 5.73 Å². The van der Waals surface area contributed by atoms with Gasteiger partial charge in [0.15, 0.2) is 0 Å². The Morgan fingerprint density at radius 2 is 1.19 bits per heavy atom. The normalized spacial score (nSPS) is 14.0. The van der Waals surface area contributed by atoms with E-state index < -0.39 is 5.41 Å². The van der Waals surface area contributed by atoms with Crippen molar-refractivity contribution in [2.45, 2.75) is 18.3 Å². The van der Waals surface area contributed by atoms with Gasteiger partial charge >= 0.3 is 0 Å². The van der Waals surface area contributed by atoms with Gasteiger partial charge in [0.05, 0.1) is 5.41 Å². The molecular weight excluding hydrogens is 506 g/mol. The molecule has 1 nitrogen and oxygen atoms in total. The van der Waals surface area contributed by atoms with Crippen LogP contribution in [0.1, 0.15) is 39.8 Å². The molecule has 0 radical (unpaired) electrons. The molecule has 0 amide bonds. The SMILES string of the molecule is C=C/C=C\C/C(N)=C/C(=C\Cc1ccccc1)c1ccc(C2(c3ccccc3)c3ccccc3-c3ccccc32)cc1. The van der Waals surface area contributed by atoms with Gasteiger partial charge in [0, 0.05) is 12.1 Å². The van der Waals surface area contributed by atoms with Gasteiger partial charge in [-0.25, -0.2) is 0 Å². The second-order valence-corrected chi connectivity index (χ2v) is 10.7. The first-order valence-corrected chi connectivity index (χ1v) is 14.6. The molecule has 5 aromatic rings. The Labute approximate surface area is 249 Å². The van der Waals surface area contributed by atoms with Gasteiger partial charge in [0.1, 0.15) is 0 Å². The highest BCUT2D eigenvalue weighted by atomic mass is 14.6. The second-order valence-electron chi connectivity index (χ2n) is 10.7. The van der Waals surface area contributed by atoms with Crippen LogP contribution in [0.3, 0.4) is 0 Å². The molecule has 0 saturated heterocycles. The molecule has 0 unspecified atom stereocenters. The van der Waals surface area contributed by atoms with E-state index in [0.29, 0.717) is 6.42 Å². The first-order chi connectivity index (χ1) is 20.7. The molecule has 0 spiro atoms. The van der Waals surface area contributed by atoms with Gasteiger partial charge in [0.25, 0.3) is 0 Å². The summed E-state index contributed by atoms with van der Waals surface area (Å²) in [5, 5.41) is 0. The van der Waals surface area contributed by atoms with Gasteiger partial charge in [-0.3, -0.25) is 0 Å². The fourth-order valence-electron chi connectivity index (χ4n) is 6.29. The first kappa shape index (κ1) is 27.1. The molecule has 0 aromatic heterocycles. The Morgan fingerprint density at radius 1 is 0.643 bits per heavy atom. The molecular formula is C41H35N. The third kappa shape index (κ3) is 5.06. The summed E-state index contributed by atoms with van der Waals surface area (Å²) >= 11 is 0. The molecule has 1 heteroatoms. The van der Waals surface area contributed by atoms with Crippen LogP contribution in [0.15, 0.2) is 176 Å². The zero-order valence-corrected chi connectivity index (χ0v) is 23.8. The minimum atomic E-state index is -0.398. The monoisotopic (exact) mass is 541 g/mol. The largest absolute Gasteiger partial charge is 0.402 e. The van der Waals surface area contributed by atoms with Crippen molar-refractivity contribution in [3.8, 4) is 11.1 Å². The van der Waals surface area contributed by atoms with E-state index in [4.69, 9.17) is 5.73 Å². The number of allylic oxidation sites excluding steroid dienone is 6. The highest BCUT2D eigenvalue weighted by Gasteiger charge is 2.45. The first-order valence-electron chi connectivity index (χ1n) is 14.6. The molecule has 0 aliphatic heterocycles. The fourth-order valence-corrected chi connectivity index (χ4v) is 6.29. The number of nitrogens with two attached hydrogens (primary N) is 1. The van der Waals surface area contributed by atoms with Crippen molar-refractivity contribution in [2.75, 3.05) is 0 Å². The predicted molar refractivity (Wildman–Crippen MR) is 178 cm³/mol. The van der Waals surface area contributed by atoms with Gasteiger partial charge in [-0.2, -0.15) is 0 Å². The summed E-state index contributed by atoms with van der Waals surface area (Å²) in [5.74, 6) is 0. The third-order valence-corrected chi connectivity index (χ3v) is 8.18. The quantitative estimate of drug-likeness (QED) is 0.181. The molecule has 1 aliphatic carbocycles. The van der Waals surface area contributed by atoms with Crippen LogP contribution < -0.4 is 5.73 Å². The average molecular weight is 542 g/mol. The van der Waals surface area contributed by atoms with Crippen LogP contribution in [0, 0.1) is 0 Å². The van der Waals surface area contributed by atoms with Gasteiger partial charge in [-0.15, -0.1) is 0 Å². The molecule has 0 heterocycles. The van der Waals surface area contributed by atoms with Gasteiger partial charge < -0.3 is 5.73 Å². The maximum Gasteiger partial charge on any atom is 0.0713 e. The molecule has 6 rings (SSSR count). The highest BCUT2D eigenvalue weighted by Crippen LogP contribution is 2.55. The smallest absolute Gasteiger partial charge is 0.0713 e. The lowest BCUT2D eigenvalue weighted by Crippen LogP contribution is -2.28. The summed E-state index contributed by atoms with van der Waals surface area (Å²) in [6.07, 6.45) is 11.6. The van der Waals surface area contributed by atoms with Gasteiger partial charge in [-0.05, 0) is 62.6 Å². The van der Waals surface area contributed by atoms with Crippen molar-refractivity contribution in [3.63, 3.8) is 0 Å². The lowest BCUT2D eigenvalue weighted by Gasteiger charge is -2.34.